The minimum absolute atomic E-state index is 0.277. The Morgan fingerprint density at radius 3 is 2.85 bits per heavy atom. The van der Waals surface area contributed by atoms with Gasteiger partial charge in [-0.1, -0.05) is 0 Å². The summed E-state index contributed by atoms with van der Waals surface area (Å²) in [6, 6.07) is 6.50. The number of carboxylic acids is 1. The number of rotatable bonds is 6. The Bertz CT molecular complexity index is 432. The molecule has 5 heteroatoms. The van der Waals surface area contributed by atoms with Crippen molar-refractivity contribution in [3.63, 3.8) is 0 Å². The van der Waals surface area contributed by atoms with Crippen molar-refractivity contribution in [1.29, 1.82) is 0 Å². The highest BCUT2D eigenvalue weighted by Gasteiger charge is 2.15. The van der Waals surface area contributed by atoms with Crippen LogP contribution in [0.1, 0.15) is 23.7 Å². The molecule has 1 saturated heterocycles. The zero-order chi connectivity index (χ0) is 14.4. The molecular formula is C15H21NO4. The summed E-state index contributed by atoms with van der Waals surface area (Å²) >= 11 is 0. The van der Waals surface area contributed by atoms with Crippen molar-refractivity contribution in [2.75, 3.05) is 32.8 Å². The highest BCUT2D eigenvalue weighted by Crippen LogP contribution is 2.12. The molecule has 1 aliphatic rings. The van der Waals surface area contributed by atoms with Gasteiger partial charge < -0.3 is 14.6 Å². The largest absolute Gasteiger partial charge is 0.494 e. The number of nitrogens with zero attached hydrogens (tertiary/aromatic N) is 1. The van der Waals surface area contributed by atoms with Crippen LogP contribution in [-0.4, -0.2) is 54.9 Å². The van der Waals surface area contributed by atoms with E-state index in [4.69, 9.17) is 14.6 Å². The molecule has 20 heavy (non-hydrogen) atoms. The van der Waals surface area contributed by atoms with Crippen molar-refractivity contribution in [3.05, 3.63) is 29.8 Å². The molecule has 0 aliphatic carbocycles. The van der Waals surface area contributed by atoms with Crippen LogP contribution < -0.4 is 4.74 Å². The molecule has 1 unspecified atom stereocenters. The average Bonchev–Trinajstić information content (AvgIpc) is 2.44. The second-order valence-electron chi connectivity index (χ2n) is 5.01. The molecule has 5 nitrogen and oxygen atoms in total. The summed E-state index contributed by atoms with van der Waals surface area (Å²) in [6.07, 6.45) is 1.26. The van der Waals surface area contributed by atoms with E-state index < -0.39 is 5.97 Å². The van der Waals surface area contributed by atoms with Gasteiger partial charge in [0.05, 0.1) is 24.9 Å². The maximum atomic E-state index is 10.7. The zero-order valence-electron chi connectivity index (χ0n) is 11.7. The molecule has 1 atom stereocenters. The molecule has 0 bridgehead atoms. The SMILES string of the molecule is CC1CN(CCCOc2ccc(C(=O)O)cc2)CCO1. The predicted octanol–water partition coefficient (Wildman–Crippen LogP) is 1.87. The van der Waals surface area contributed by atoms with E-state index in [0.29, 0.717) is 18.5 Å². The molecule has 1 heterocycles. The first kappa shape index (κ1) is 14.8. The number of aromatic carboxylic acids is 1. The zero-order valence-corrected chi connectivity index (χ0v) is 11.7. The monoisotopic (exact) mass is 279 g/mol. The number of benzene rings is 1. The molecule has 0 spiro atoms. The third-order valence-electron chi connectivity index (χ3n) is 3.31. The van der Waals surface area contributed by atoms with E-state index in [2.05, 4.69) is 11.8 Å². The fourth-order valence-electron chi connectivity index (χ4n) is 2.27. The van der Waals surface area contributed by atoms with Crippen molar-refractivity contribution < 1.29 is 19.4 Å². The van der Waals surface area contributed by atoms with Crippen molar-refractivity contribution in [3.8, 4) is 5.75 Å². The summed E-state index contributed by atoms with van der Waals surface area (Å²) in [5.41, 5.74) is 0.277. The maximum Gasteiger partial charge on any atom is 0.335 e. The summed E-state index contributed by atoms with van der Waals surface area (Å²) in [4.78, 5) is 13.1. The number of ether oxygens (including phenoxy) is 2. The first-order chi connectivity index (χ1) is 9.65. The molecule has 0 saturated carbocycles. The second-order valence-corrected chi connectivity index (χ2v) is 5.01. The number of carboxylic acid groups (broad SMARTS) is 1. The van der Waals surface area contributed by atoms with Crippen LogP contribution in [0.4, 0.5) is 0 Å². The maximum absolute atomic E-state index is 10.7. The van der Waals surface area contributed by atoms with Gasteiger partial charge in [-0.3, -0.25) is 4.90 Å². The molecule has 0 aromatic heterocycles. The molecule has 1 N–H and O–H groups in total. The Kier molecular flexibility index (Phi) is 5.38. The Balaban J connectivity index is 1.66. The van der Waals surface area contributed by atoms with Crippen molar-refractivity contribution in [2.24, 2.45) is 0 Å². The molecule has 2 rings (SSSR count). The number of carbonyl (C=O) groups is 1. The Hall–Kier alpha value is -1.59. The molecule has 1 aromatic rings. The van der Waals surface area contributed by atoms with Gasteiger partial charge in [0.2, 0.25) is 0 Å². The first-order valence-electron chi connectivity index (χ1n) is 6.95. The van der Waals surface area contributed by atoms with Crippen LogP contribution in [0.3, 0.4) is 0 Å². The van der Waals surface area contributed by atoms with Gasteiger partial charge in [-0.2, -0.15) is 0 Å². The normalized spacial score (nSPS) is 19.8. The quantitative estimate of drug-likeness (QED) is 0.806. The van der Waals surface area contributed by atoms with Crippen LogP contribution in [0.25, 0.3) is 0 Å². The second kappa shape index (κ2) is 7.26. The van der Waals surface area contributed by atoms with Gasteiger partial charge in [0, 0.05) is 19.6 Å². The van der Waals surface area contributed by atoms with E-state index >= 15 is 0 Å². The lowest BCUT2D eigenvalue weighted by Crippen LogP contribution is -2.41. The summed E-state index contributed by atoms with van der Waals surface area (Å²) < 4.78 is 11.1. The average molecular weight is 279 g/mol. The smallest absolute Gasteiger partial charge is 0.335 e. The number of morpholine rings is 1. The summed E-state index contributed by atoms with van der Waals surface area (Å²) in [7, 11) is 0. The third kappa shape index (κ3) is 4.51. The van der Waals surface area contributed by atoms with Gasteiger partial charge in [0.25, 0.3) is 0 Å². The Morgan fingerprint density at radius 2 is 2.20 bits per heavy atom. The lowest BCUT2D eigenvalue weighted by Gasteiger charge is -2.30. The summed E-state index contributed by atoms with van der Waals surface area (Å²) in [5, 5.41) is 8.80. The van der Waals surface area contributed by atoms with Crippen molar-refractivity contribution in [2.45, 2.75) is 19.4 Å². The van der Waals surface area contributed by atoms with Gasteiger partial charge in [-0.15, -0.1) is 0 Å². The van der Waals surface area contributed by atoms with E-state index in [1.54, 1.807) is 24.3 Å². The van der Waals surface area contributed by atoms with Gasteiger partial charge in [0.15, 0.2) is 0 Å². The fourth-order valence-corrected chi connectivity index (χ4v) is 2.27. The topological polar surface area (TPSA) is 59.0 Å². The standard InChI is InChI=1S/C15H21NO4/c1-12-11-16(8-10-19-12)7-2-9-20-14-5-3-13(4-6-14)15(17)18/h3-6,12H,2,7-11H2,1H3,(H,17,18). The van der Waals surface area contributed by atoms with Crippen LogP contribution >= 0.6 is 0 Å². The van der Waals surface area contributed by atoms with Crippen LogP contribution in [0, 0.1) is 0 Å². The first-order valence-corrected chi connectivity index (χ1v) is 6.95. The van der Waals surface area contributed by atoms with Gasteiger partial charge >= 0.3 is 5.97 Å². The fraction of sp³-hybridized carbons (Fsp3) is 0.533. The molecule has 0 amide bonds. The van der Waals surface area contributed by atoms with Crippen LogP contribution in [-0.2, 0) is 4.74 Å². The van der Waals surface area contributed by atoms with E-state index in [9.17, 15) is 4.79 Å². The van der Waals surface area contributed by atoms with Crippen molar-refractivity contribution in [1.82, 2.24) is 4.90 Å². The Labute approximate surface area is 119 Å². The van der Waals surface area contributed by atoms with E-state index in [1.807, 2.05) is 0 Å². The molecular weight excluding hydrogens is 258 g/mol. The van der Waals surface area contributed by atoms with Gasteiger partial charge in [-0.05, 0) is 37.6 Å². The molecule has 1 aromatic carbocycles. The molecule has 110 valence electrons. The Morgan fingerprint density at radius 1 is 1.45 bits per heavy atom. The molecule has 1 fully saturated rings. The van der Waals surface area contributed by atoms with Crippen molar-refractivity contribution >= 4 is 5.97 Å². The predicted molar refractivity (Wildman–Crippen MR) is 75.4 cm³/mol. The van der Waals surface area contributed by atoms with Crippen LogP contribution in [0.5, 0.6) is 5.75 Å². The summed E-state index contributed by atoms with van der Waals surface area (Å²) in [5.74, 6) is -0.205. The van der Waals surface area contributed by atoms with E-state index in [0.717, 1.165) is 32.7 Å². The van der Waals surface area contributed by atoms with Gasteiger partial charge in [-0.25, -0.2) is 4.79 Å². The number of hydrogen-bond acceptors (Lipinski definition) is 4. The lowest BCUT2D eigenvalue weighted by molar-refractivity contribution is -0.0193. The minimum atomic E-state index is -0.919. The molecule has 0 radical (unpaired) electrons. The number of hydrogen-bond donors (Lipinski definition) is 1. The van der Waals surface area contributed by atoms with E-state index in [-0.39, 0.29) is 5.56 Å². The minimum Gasteiger partial charge on any atom is -0.494 e. The molecule has 1 aliphatic heterocycles. The third-order valence-corrected chi connectivity index (χ3v) is 3.31. The van der Waals surface area contributed by atoms with Crippen LogP contribution in [0.2, 0.25) is 0 Å². The lowest BCUT2D eigenvalue weighted by atomic mass is 10.2. The summed E-state index contributed by atoms with van der Waals surface area (Å²) in [6.45, 7) is 6.50. The highest BCUT2D eigenvalue weighted by molar-refractivity contribution is 5.87. The van der Waals surface area contributed by atoms with Gasteiger partial charge in [0.1, 0.15) is 5.75 Å². The van der Waals surface area contributed by atoms with E-state index in [1.165, 1.54) is 0 Å². The highest BCUT2D eigenvalue weighted by atomic mass is 16.5. The van der Waals surface area contributed by atoms with Crippen LogP contribution in [0.15, 0.2) is 24.3 Å².